The van der Waals surface area contributed by atoms with E-state index in [1.807, 2.05) is 0 Å². The summed E-state index contributed by atoms with van der Waals surface area (Å²) in [7, 11) is 0. The van der Waals surface area contributed by atoms with Crippen molar-refractivity contribution < 1.29 is 9.90 Å². The van der Waals surface area contributed by atoms with E-state index in [2.05, 4.69) is 13.8 Å². The number of aliphatic hydroxyl groups excluding tert-OH is 1. The minimum Gasteiger partial charge on any atom is -0.393 e. The highest BCUT2D eigenvalue weighted by Crippen LogP contribution is 2.58. The molecule has 68 valence electrons. The fourth-order valence-electron chi connectivity index (χ4n) is 3.29. The van der Waals surface area contributed by atoms with Crippen LogP contribution in [0.4, 0.5) is 0 Å². The summed E-state index contributed by atoms with van der Waals surface area (Å²) < 4.78 is 0. The van der Waals surface area contributed by atoms with Crippen molar-refractivity contribution in [2.24, 2.45) is 23.2 Å². The molecule has 12 heavy (non-hydrogen) atoms. The van der Waals surface area contributed by atoms with E-state index in [1.165, 1.54) is 0 Å². The third kappa shape index (κ3) is 0.764. The Balaban J connectivity index is 2.33. The molecule has 0 amide bonds. The van der Waals surface area contributed by atoms with Crippen LogP contribution >= 0.6 is 0 Å². The van der Waals surface area contributed by atoms with Crippen LogP contribution in [-0.4, -0.2) is 17.5 Å². The van der Waals surface area contributed by atoms with Gasteiger partial charge in [-0.15, -0.1) is 0 Å². The van der Waals surface area contributed by atoms with Crippen LogP contribution in [0.3, 0.4) is 0 Å². The average Bonchev–Trinajstić information content (AvgIpc) is 2.41. The van der Waals surface area contributed by atoms with Crippen LogP contribution in [0.2, 0.25) is 0 Å². The summed E-state index contributed by atoms with van der Waals surface area (Å²) in [4.78, 5) is 10.8. The molecule has 0 radical (unpaired) electrons. The first-order valence-corrected chi connectivity index (χ1v) is 4.72. The van der Waals surface area contributed by atoms with Crippen LogP contribution in [0, 0.1) is 23.2 Å². The maximum absolute atomic E-state index is 10.8. The number of carbonyl (C=O) groups excluding carboxylic acids is 1. The molecule has 2 bridgehead atoms. The molecule has 0 aromatic carbocycles. The zero-order chi connectivity index (χ0) is 8.93. The highest BCUT2D eigenvalue weighted by molar-refractivity contribution is 5.57. The highest BCUT2D eigenvalue weighted by atomic mass is 16.3. The van der Waals surface area contributed by atoms with Crippen molar-refractivity contribution in [3.63, 3.8) is 0 Å². The molecule has 0 heterocycles. The summed E-state index contributed by atoms with van der Waals surface area (Å²) >= 11 is 0. The Kier molecular flexibility index (Phi) is 1.59. The molecule has 2 aliphatic carbocycles. The lowest BCUT2D eigenvalue weighted by molar-refractivity contribution is -0.116. The zero-order valence-electron chi connectivity index (χ0n) is 7.66. The summed E-state index contributed by atoms with van der Waals surface area (Å²) in [6.07, 6.45) is 2.98. The molecule has 2 rings (SSSR count). The Hall–Kier alpha value is -0.370. The monoisotopic (exact) mass is 168 g/mol. The van der Waals surface area contributed by atoms with Crippen molar-refractivity contribution in [1.29, 1.82) is 0 Å². The van der Waals surface area contributed by atoms with Gasteiger partial charge in [-0.2, -0.15) is 0 Å². The van der Waals surface area contributed by atoms with Gasteiger partial charge in [0.05, 0.1) is 6.10 Å². The molecular weight excluding hydrogens is 152 g/mol. The van der Waals surface area contributed by atoms with Gasteiger partial charge in [0.25, 0.3) is 0 Å². The van der Waals surface area contributed by atoms with E-state index in [4.69, 9.17) is 0 Å². The summed E-state index contributed by atoms with van der Waals surface area (Å²) in [6, 6.07) is 0. The Morgan fingerprint density at radius 3 is 2.42 bits per heavy atom. The third-order valence-electron chi connectivity index (χ3n) is 4.08. The fraction of sp³-hybridized carbons (Fsp3) is 0.900. The first-order valence-electron chi connectivity index (χ1n) is 4.72. The van der Waals surface area contributed by atoms with Gasteiger partial charge in [-0.05, 0) is 30.1 Å². The zero-order valence-corrected chi connectivity index (χ0v) is 7.66. The van der Waals surface area contributed by atoms with Crippen molar-refractivity contribution in [2.75, 3.05) is 0 Å². The SMILES string of the molecule is CC1(C)C(C=O)C2CCC1C2O. The van der Waals surface area contributed by atoms with E-state index in [1.54, 1.807) is 0 Å². The van der Waals surface area contributed by atoms with E-state index >= 15 is 0 Å². The standard InChI is InChI=1S/C10H16O2/c1-10(2)7-4-3-6(9(7)12)8(10)5-11/h5-9,12H,3-4H2,1-2H3. The maximum atomic E-state index is 10.8. The maximum Gasteiger partial charge on any atom is 0.123 e. The van der Waals surface area contributed by atoms with E-state index in [0.717, 1.165) is 19.1 Å². The molecule has 4 unspecified atom stereocenters. The molecule has 1 N–H and O–H groups in total. The average molecular weight is 168 g/mol. The highest BCUT2D eigenvalue weighted by Gasteiger charge is 2.58. The van der Waals surface area contributed by atoms with E-state index in [9.17, 15) is 9.90 Å². The molecule has 0 aliphatic heterocycles. The Labute approximate surface area is 73.0 Å². The van der Waals surface area contributed by atoms with Crippen LogP contribution < -0.4 is 0 Å². The van der Waals surface area contributed by atoms with Crippen LogP contribution in [-0.2, 0) is 4.79 Å². The molecule has 2 nitrogen and oxygen atoms in total. The summed E-state index contributed by atoms with van der Waals surface area (Å²) in [5.74, 6) is 0.700. The van der Waals surface area contributed by atoms with Crippen molar-refractivity contribution >= 4 is 6.29 Å². The predicted octanol–water partition coefficient (Wildman–Crippen LogP) is 1.23. The second-order valence-electron chi connectivity index (χ2n) is 4.82. The van der Waals surface area contributed by atoms with E-state index in [0.29, 0.717) is 5.92 Å². The van der Waals surface area contributed by atoms with Gasteiger partial charge in [-0.1, -0.05) is 13.8 Å². The van der Waals surface area contributed by atoms with E-state index < -0.39 is 0 Å². The number of hydrogen-bond acceptors (Lipinski definition) is 2. The number of fused-ring (bicyclic) bond motifs is 2. The normalized spacial score (nSPS) is 49.6. The second kappa shape index (κ2) is 2.32. The number of rotatable bonds is 1. The molecule has 0 aromatic heterocycles. The van der Waals surface area contributed by atoms with Gasteiger partial charge < -0.3 is 9.90 Å². The molecule has 2 saturated carbocycles. The lowest BCUT2D eigenvalue weighted by atomic mass is 9.69. The molecule has 2 heteroatoms. The largest absolute Gasteiger partial charge is 0.393 e. The van der Waals surface area contributed by atoms with Crippen LogP contribution in [0.25, 0.3) is 0 Å². The molecule has 4 atom stereocenters. The van der Waals surface area contributed by atoms with E-state index in [-0.39, 0.29) is 23.4 Å². The quantitative estimate of drug-likeness (QED) is 0.598. The molecular formula is C10H16O2. The van der Waals surface area contributed by atoms with Gasteiger partial charge in [0, 0.05) is 5.92 Å². The van der Waals surface area contributed by atoms with Gasteiger partial charge in [0.15, 0.2) is 0 Å². The first kappa shape index (κ1) is 8.24. The van der Waals surface area contributed by atoms with Gasteiger partial charge in [0.1, 0.15) is 6.29 Å². The number of aliphatic hydroxyl groups is 1. The smallest absolute Gasteiger partial charge is 0.123 e. The van der Waals surface area contributed by atoms with Crippen molar-refractivity contribution in [1.82, 2.24) is 0 Å². The van der Waals surface area contributed by atoms with Crippen LogP contribution in [0.5, 0.6) is 0 Å². The first-order chi connectivity index (χ1) is 5.59. The molecule has 2 aliphatic rings. The van der Waals surface area contributed by atoms with Gasteiger partial charge in [-0.3, -0.25) is 0 Å². The number of hydrogen-bond donors (Lipinski definition) is 1. The molecule has 0 saturated heterocycles. The van der Waals surface area contributed by atoms with Crippen molar-refractivity contribution in [2.45, 2.75) is 32.8 Å². The minimum atomic E-state index is -0.213. The van der Waals surface area contributed by atoms with Crippen molar-refractivity contribution in [3.8, 4) is 0 Å². The second-order valence-corrected chi connectivity index (χ2v) is 4.82. The lowest BCUT2D eigenvalue weighted by Gasteiger charge is -2.34. The van der Waals surface area contributed by atoms with Crippen molar-refractivity contribution in [3.05, 3.63) is 0 Å². The molecule has 2 fully saturated rings. The van der Waals surface area contributed by atoms with Crippen LogP contribution in [0.15, 0.2) is 0 Å². The summed E-state index contributed by atoms with van der Waals surface area (Å²) in [5, 5.41) is 9.81. The fourth-order valence-corrected chi connectivity index (χ4v) is 3.29. The minimum absolute atomic E-state index is 0.0318. The van der Waals surface area contributed by atoms with Crippen LogP contribution in [0.1, 0.15) is 26.7 Å². The summed E-state index contributed by atoms with van der Waals surface area (Å²) in [5.41, 5.74) is 0.0318. The summed E-state index contributed by atoms with van der Waals surface area (Å²) in [6.45, 7) is 4.22. The Morgan fingerprint density at radius 2 is 2.08 bits per heavy atom. The van der Waals surface area contributed by atoms with Gasteiger partial charge >= 0.3 is 0 Å². The number of aldehydes is 1. The Bertz CT molecular complexity index is 210. The van der Waals surface area contributed by atoms with Gasteiger partial charge in [-0.25, -0.2) is 0 Å². The number of carbonyl (C=O) groups is 1. The third-order valence-corrected chi connectivity index (χ3v) is 4.08. The predicted molar refractivity (Wildman–Crippen MR) is 45.6 cm³/mol. The Morgan fingerprint density at radius 1 is 1.42 bits per heavy atom. The van der Waals surface area contributed by atoms with Gasteiger partial charge in [0.2, 0.25) is 0 Å². The topological polar surface area (TPSA) is 37.3 Å². The molecule has 0 aromatic rings. The lowest BCUT2D eigenvalue weighted by Crippen LogP contribution is -2.31. The molecule has 0 spiro atoms.